The molecule has 52 valence electrons. The fourth-order valence-corrected chi connectivity index (χ4v) is 0.403. The zero-order chi connectivity index (χ0) is 6.85. The molecule has 0 saturated heterocycles. The maximum absolute atomic E-state index is 10.2. The van der Waals surface area contributed by atoms with Crippen LogP contribution in [0.2, 0.25) is 0 Å². The molecule has 0 unspecified atom stereocenters. The summed E-state index contributed by atoms with van der Waals surface area (Å²) in [5, 5.41) is 0. The van der Waals surface area contributed by atoms with Gasteiger partial charge in [0, 0.05) is 0 Å². The number of nitrogens with one attached hydrogen (secondary N) is 3. The number of hydrogen-bond acceptors (Lipinski definition) is 3. The summed E-state index contributed by atoms with van der Waals surface area (Å²) in [6.45, 7) is 0. The second-order valence-corrected chi connectivity index (χ2v) is 1.36. The van der Waals surface area contributed by atoms with Gasteiger partial charge in [0.05, 0.1) is 0 Å². The van der Waals surface area contributed by atoms with Crippen molar-refractivity contribution in [3.05, 3.63) is 31.5 Å². The van der Waals surface area contributed by atoms with Crippen LogP contribution >= 0.6 is 0 Å². The third-order valence-corrected chi connectivity index (χ3v) is 0.681. The summed E-state index contributed by atoms with van der Waals surface area (Å²) in [5.41, 5.74) is -2.41. The van der Waals surface area contributed by atoms with Crippen LogP contribution in [0.1, 0.15) is 2.85 Å². The van der Waals surface area contributed by atoms with Crippen LogP contribution in [-0.4, -0.2) is 38.0 Å². The van der Waals surface area contributed by atoms with Gasteiger partial charge in [-0.05, 0) is 0 Å². The van der Waals surface area contributed by atoms with E-state index in [9.17, 15) is 14.4 Å². The molecule has 0 spiro atoms. The zero-order valence-corrected chi connectivity index (χ0v) is 6.35. The van der Waals surface area contributed by atoms with Crippen LogP contribution in [0, 0.1) is 0 Å². The van der Waals surface area contributed by atoms with Crippen molar-refractivity contribution in [2.75, 3.05) is 0 Å². The van der Waals surface area contributed by atoms with Gasteiger partial charge in [0.2, 0.25) is 0 Å². The number of aromatic amines is 3. The van der Waals surface area contributed by atoms with Crippen LogP contribution in [0.3, 0.4) is 0 Å². The number of aromatic nitrogens is 3. The Morgan fingerprint density at radius 3 is 1.20 bits per heavy atom. The minimum atomic E-state index is -0.802. The van der Waals surface area contributed by atoms with E-state index >= 15 is 0 Å². The molecule has 10 heavy (non-hydrogen) atoms. The molecule has 0 aliphatic carbocycles. The molecule has 1 aromatic heterocycles. The summed E-state index contributed by atoms with van der Waals surface area (Å²) in [4.78, 5) is 35.9. The smallest absolute Gasteiger partial charge is 1.00 e. The SMILES string of the molecule is O=c1[nH]c(=O)[nH]c(=O)[nH]1.[H-].[H-].[Mg+2]. The molecule has 0 saturated carbocycles. The Labute approximate surface area is 72.8 Å². The van der Waals surface area contributed by atoms with Crippen LogP contribution in [0.15, 0.2) is 14.4 Å². The molecule has 0 radical (unpaired) electrons. The molecule has 1 rings (SSSR count). The molecule has 7 heteroatoms. The molecule has 6 nitrogen and oxygen atoms in total. The molecule has 0 amide bonds. The Kier molecular flexibility index (Phi) is 3.09. The molecule has 0 atom stereocenters. The van der Waals surface area contributed by atoms with Gasteiger partial charge in [0.15, 0.2) is 0 Å². The fraction of sp³-hybridized carbons (Fsp3) is 0. The quantitative estimate of drug-likeness (QED) is 0.364. The van der Waals surface area contributed by atoms with Crippen molar-refractivity contribution in [2.24, 2.45) is 0 Å². The predicted molar refractivity (Wildman–Crippen MR) is 36.3 cm³/mol. The molecule has 0 aromatic carbocycles. The Balaban J connectivity index is -0.000000270. The first-order valence-electron chi connectivity index (χ1n) is 2.11. The number of H-pyrrole nitrogens is 3. The van der Waals surface area contributed by atoms with Gasteiger partial charge in [-0.1, -0.05) is 0 Å². The van der Waals surface area contributed by atoms with Gasteiger partial charge in [0.25, 0.3) is 0 Å². The average molecular weight is 155 g/mol. The third kappa shape index (κ3) is 2.19. The number of hydrogen-bond donors (Lipinski definition) is 3. The second-order valence-electron chi connectivity index (χ2n) is 1.36. The maximum atomic E-state index is 10.2. The normalized spacial score (nSPS) is 8.40. The third-order valence-electron chi connectivity index (χ3n) is 0.681. The van der Waals surface area contributed by atoms with Gasteiger partial charge in [-0.25, -0.2) is 14.4 Å². The van der Waals surface area contributed by atoms with Gasteiger partial charge >= 0.3 is 40.1 Å². The zero-order valence-electron chi connectivity index (χ0n) is 6.93. The van der Waals surface area contributed by atoms with Crippen molar-refractivity contribution in [2.45, 2.75) is 0 Å². The van der Waals surface area contributed by atoms with Crippen LogP contribution in [0.5, 0.6) is 0 Å². The fourth-order valence-electron chi connectivity index (χ4n) is 0.403. The summed E-state index contributed by atoms with van der Waals surface area (Å²) >= 11 is 0. The van der Waals surface area contributed by atoms with E-state index in [2.05, 4.69) is 0 Å². The van der Waals surface area contributed by atoms with Crippen LogP contribution in [0.4, 0.5) is 0 Å². The molecule has 1 aromatic rings. The number of rotatable bonds is 0. The summed E-state index contributed by atoms with van der Waals surface area (Å²) in [7, 11) is 0. The first kappa shape index (κ1) is 9.18. The molecule has 1 heterocycles. The first-order chi connectivity index (χ1) is 4.18. The summed E-state index contributed by atoms with van der Waals surface area (Å²) < 4.78 is 0. The molecule has 0 bridgehead atoms. The van der Waals surface area contributed by atoms with Crippen molar-refractivity contribution in [1.29, 1.82) is 0 Å². The predicted octanol–water partition coefficient (Wildman–Crippen LogP) is -2.40. The van der Waals surface area contributed by atoms with Crippen molar-refractivity contribution in [1.82, 2.24) is 15.0 Å². The van der Waals surface area contributed by atoms with Gasteiger partial charge in [-0.3, -0.25) is 15.0 Å². The van der Waals surface area contributed by atoms with E-state index in [0.29, 0.717) is 0 Å². The summed E-state index contributed by atoms with van der Waals surface area (Å²) in [6.07, 6.45) is 0. The van der Waals surface area contributed by atoms with E-state index in [-0.39, 0.29) is 25.9 Å². The van der Waals surface area contributed by atoms with Crippen LogP contribution in [-0.2, 0) is 0 Å². The van der Waals surface area contributed by atoms with E-state index < -0.39 is 17.1 Å². The van der Waals surface area contributed by atoms with E-state index in [4.69, 9.17) is 0 Å². The van der Waals surface area contributed by atoms with E-state index in [0.717, 1.165) is 0 Å². The molecular formula is C3H5MgN3O3. The first-order valence-corrected chi connectivity index (χ1v) is 2.11. The average Bonchev–Trinajstić information content (AvgIpc) is 1.59. The van der Waals surface area contributed by atoms with Crippen molar-refractivity contribution >= 4 is 23.1 Å². The van der Waals surface area contributed by atoms with Crippen molar-refractivity contribution in [3.63, 3.8) is 0 Å². The minimum absolute atomic E-state index is 0. The van der Waals surface area contributed by atoms with E-state index in [1.807, 2.05) is 0 Å². The Morgan fingerprint density at radius 2 is 1.00 bits per heavy atom. The second kappa shape index (κ2) is 3.37. The van der Waals surface area contributed by atoms with Gasteiger partial charge in [0.1, 0.15) is 0 Å². The van der Waals surface area contributed by atoms with Crippen LogP contribution in [0.25, 0.3) is 0 Å². The largest absolute Gasteiger partial charge is 2.00 e. The standard InChI is InChI=1S/C3H3N3O3.Mg.2H/c7-1-4-2(8)6-3(9)5-1;;;/h(H3,4,5,6,7,8,9);;;/q;+2;2*-1. The van der Waals surface area contributed by atoms with Crippen LogP contribution < -0.4 is 17.1 Å². The topological polar surface area (TPSA) is 98.6 Å². The molecular weight excluding hydrogens is 150 g/mol. The van der Waals surface area contributed by atoms with Crippen molar-refractivity contribution < 1.29 is 2.85 Å². The van der Waals surface area contributed by atoms with Gasteiger partial charge in [-0.2, -0.15) is 0 Å². The van der Waals surface area contributed by atoms with Gasteiger partial charge < -0.3 is 2.85 Å². The Morgan fingerprint density at radius 1 is 0.800 bits per heavy atom. The van der Waals surface area contributed by atoms with E-state index in [1.54, 1.807) is 15.0 Å². The minimum Gasteiger partial charge on any atom is -1.00 e. The summed E-state index contributed by atoms with van der Waals surface area (Å²) in [5.74, 6) is 0. The van der Waals surface area contributed by atoms with Crippen molar-refractivity contribution in [3.8, 4) is 0 Å². The van der Waals surface area contributed by atoms with E-state index in [1.165, 1.54) is 0 Å². The molecule has 0 aliphatic heterocycles. The van der Waals surface area contributed by atoms with Gasteiger partial charge in [-0.15, -0.1) is 0 Å². The summed E-state index contributed by atoms with van der Waals surface area (Å²) in [6, 6.07) is 0. The monoisotopic (exact) mass is 155 g/mol. The molecule has 3 N–H and O–H groups in total. The Bertz CT molecular complexity index is 289. The molecule has 0 aliphatic rings. The maximum Gasteiger partial charge on any atom is 2.00 e. The molecule has 0 fully saturated rings. The Hall–Kier alpha value is -0.824.